The number of anilines is 1. The largest absolute Gasteiger partial charge is 0.326 e. The van der Waals surface area contributed by atoms with Crippen LogP contribution >= 0.6 is 15.9 Å². The summed E-state index contributed by atoms with van der Waals surface area (Å²) in [5.41, 5.74) is 1.67. The van der Waals surface area contributed by atoms with E-state index >= 15 is 0 Å². The van der Waals surface area contributed by atoms with E-state index in [-0.39, 0.29) is 11.7 Å². The number of allylic oxidation sites excluding steroid dienone is 1. The number of carbonyl (C=O) groups is 2. The third-order valence-corrected chi connectivity index (χ3v) is 2.38. The fourth-order valence-corrected chi connectivity index (χ4v) is 1.30. The maximum absolute atomic E-state index is 11.0. The Hall–Kier alpha value is -1.42. The van der Waals surface area contributed by atoms with Gasteiger partial charge in [0.2, 0.25) is 5.91 Å². The molecule has 1 N–H and O–H groups in total. The molecule has 0 radical (unpaired) electrons. The third kappa shape index (κ3) is 4.40. The minimum Gasteiger partial charge on any atom is -0.326 e. The molecule has 0 heterocycles. The van der Waals surface area contributed by atoms with Crippen LogP contribution < -0.4 is 5.32 Å². The fraction of sp³-hybridized carbons (Fsp3) is 0.167. The molecule has 0 aromatic heterocycles. The molecule has 0 aliphatic rings. The van der Waals surface area contributed by atoms with Gasteiger partial charge < -0.3 is 5.32 Å². The topological polar surface area (TPSA) is 46.2 Å². The Morgan fingerprint density at radius 1 is 1.31 bits per heavy atom. The van der Waals surface area contributed by atoms with E-state index in [0.29, 0.717) is 5.33 Å². The highest BCUT2D eigenvalue weighted by Crippen LogP contribution is 2.10. The normalized spacial score (nSPS) is 10.4. The van der Waals surface area contributed by atoms with Gasteiger partial charge in [0.1, 0.15) is 0 Å². The van der Waals surface area contributed by atoms with Crippen molar-refractivity contribution < 1.29 is 9.59 Å². The molecule has 0 aliphatic heterocycles. The summed E-state index contributed by atoms with van der Waals surface area (Å²) >= 11 is 3.08. The average molecular weight is 282 g/mol. The average Bonchev–Trinajstić information content (AvgIpc) is 2.27. The summed E-state index contributed by atoms with van der Waals surface area (Å²) in [5.74, 6) is -0.0799. The first kappa shape index (κ1) is 12.6. The number of hydrogen-bond donors (Lipinski definition) is 1. The molecule has 0 bridgehead atoms. The zero-order chi connectivity index (χ0) is 12.0. The molecule has 16 heavy (non-hydrogen) atoms. The Balaban J connectivity index is 2.68. The molecule has 1 amide bonds. The Kier molecular flexibility index (Phi) is 4.92. The first-order chi connectivity index (χ1) is 7.61. The van der Waals surface area contributed by atoms with Crippen molar-refractivity contribution in [1.82, 2.24) is 0 Å². The van der Waals surface area contributed by atoms with Crippen LogP contribution in [0.2, 0.25) is 0 Å². The second-order valence-corrected chi connectivity index (χ2v) is 3.80. The van der Waals surface area contributed by atoms with Gasteiger partial charge in [0, 0.05) is 12.6 Å². The van der Waals surface area contributed by atoms with Crippen LogP contribution in [0.15, 0.2) is 30.3 Å². The second kappa shape index (κ2) is 6.23. The molecule has 0 saturated carbocycles. The van der Waals surface area contributed by atoms with Crippen molar-refractivity contribution in [2.45, 2.75) is 6.92 Å². The summed E-state index contributed by atoms with van der Waals surface area (Å²) in [5, 5.41) is 3.00. The molecular weight excluding hydrogens is 270 g/mol. The van der Waals surface area contributed by atoms with E-state index in [1.807, 2.05) is 12.1 Å². The summed E-state index contributed by atoms with van der Waals surface area (Å²) in [4.78, 5) is 21.8. The molecular formula is C12H12BrNO2. The standard InChI is InChI=1S/C12H12BrNO2/c1-9(15)14-11-5-2-10(3-6-11)4-7-12(16)8-13/h2-7H,8H2,1H3,(H,14,15). The lowest BCUT2D eigenvalue weighted by Gasteiger charge is -2.01. The summed E-state index contributed by atoms with van der Waals surface area (Å²) in [6, 6.07) is 7.26. The van der Waals surface area contributed by atoms with E-state index in [1.165, 1.54) is 13.0 Å². The summed E-state index contributed by atoms with van der Waals surface area (Å²) in [6.45, 7) is 1.46. The van der Waals surface area contributed by atoms with Gasteiger partial charge >= 0.3 is 0 Å². The fourth-order valence-electron chi connectivity index (χ4n) is 1.11. The van der Waals surface area contributed by atoms with E-state index in [2.05, 4.69) is 21.2 Å². The van der Waals surface area contributed by atoms with Gasteiger partial charge in [-0.25, -0.2) is 0 Å². The lowest BCUT2D eigenvalue weighted by molar-refractivity contribution is -0.114. The molecule has 0 fully saturated rings. The van der Waals surface area contributed by atoms with Crippen LogP contribution in [0.3, 0.4) is 0 Å². The predicted molar refractivity (Wildman–Crippen MR) is 68.6 cm³/mol. The maximum Gasteiger partial charge on any atom is 0.221 e. The van der Waals surface area contributed by atoms with E-state index < -0.39 is 0 Å². The van der Waals surface area contributed by atoms with Crippen LogP contribution in [0.1, 0.15) is 12.5 Å². The number of carbonyl (C=O) groups excluding carboxylic acids is 2. The van der Waals surface area contributed by atoms with E-state index in [1.54, 1.807) is 18.2 Å². The molecule has 84 valence electrons. The quantitative estimate of drug-likeness (QED) is 0.681. The van der Waals surface area contributed by atoms with Crippen LogP contribution in [-0.2, 0) is 9.59 Å². The van der Waals surface area contributed by atoms with Crippen LogP contribution in [0.25, 0.3) is 6.08 Å². The van der Waals surface area contributed by atoms with Gasteiger partial charge in [0.25, 0.3) is 0 Å². The Labute approximate surface area is 103 Å². The van der Waals surface area contributed by atoms with Gasteiger partial charge in [-0.1, -0.05) is 34.1 Å². The van der Waals surface area contributed by atoms with E-state index in [9.17, 15) is 9.59 Å². The molecule has 1 aromatic carbocycles. The zero-order valence-electron chi connectivity index (χ0n) is 8.87. The minimum atomic E-state index is -0.0993. The smallest absolute Gasteiger partial charge is 0.221 e. The van der Waals surface area contributed by atoms with E-state index in [0.717, 1.165) is 11.3 Å². The number of alkyl halides is 1. The van der Waals surface area contributed by atoms with Crippen molar-refractivity contribution in [2.24, 2.45) is 0 Å². The van der Waals surface area contributed by atoms with Gasteiger partial charge in [-0.3, -0.25) is 9.59 Å². The number of nitrogens with one attached hydrogen (secondary N) is 1. The SMILES string of the molecule is CC(=O)Nc1ccc(C=CC(=O)CBr)cc1. The van der Waals surface area contributed by atoms with Gasteiger partial charge in [0.15, 0.2) is 5.78 Å². The summed E-state index contributed by atoms with van der Waals surface area (Å²) in [7, 11) is 0. The molecule has 0 unspecified atom stereocenters. The van der Waals surface area contributed by atoms with Crippen molar-refractivity contribution in [3.05, 3.63) is 35.9 Å². The Bertz CT molecular complexity index is 410. The van der Waals surface area contributed by atoms with E-state index in [4.69, 9.17) is 0 Å². The van der Waals surface area contributed by atoms with Crippen molar-refractivity contribution in [3.63, 3.8) is 0 Å². The number of amides is 1. The van der Waals surface area contributed by atoms with Crippen LogP contribution in [0.5, 0.6) is 0 Å². The number of ketones is 1. The van der Waals surface area contributed by atoms with Crippen molar-refractivity contribution in [2.75, 3.05) is 10.6 Å². The van der Waals surface area contributed by atoms with Crippen molar-refractivity contribution in [3.8, 4) is 0 Å². The predicted octanol–water partition coefficient (Wildman–Crippen LogP) is 2.62. The number of hydrogen-bond acceptors (Lipinski definition) is 2. The summed E-state index contributed by atoms with van der Waals surface area (Å²) < 4.78 is 0. The first-order valence-corrected chi connectivity index (χ1v) is 5.88. The molecule has 0 saturated heterocycles. The van der Waals surface area contributed by atoms with Gasteiger partial charge in [-0.05, 0) is 23.8 Å². The highest BCUT2D eigenvalue weighted by molar-refractivity contribution is 9.09. The lowest BCUT2D eigenvalue weighted by Crippen LogP contribution is -2.05. The van der Waals surface area contributed by atoms with Gasteiger partial charge in [-0.2, -0.15) is 0 Å². The molecule has 3 nitrogen and oxygen atoms in total. The maximum atomic E-state index is 11.0. The molecule has 0 atom stereocenters. The van der Waals surface area contributed by atoms with Crippen molar-refractivity contribution in [1.29, 1.82) is 0 Å². The van der Waals surface area contributed by atoms with Gasteiger partial charge in [0.05, 0.1) is 5.33 Å². The Morgan fingerprint density at radius 3 is 2.44 bits per heavy atom. The van der Waals surface area contributed by atoms with Crippen LogP contribution in [0, 0.1) is 0 Å². The number of rotatable bonds is 4. The number of benzene rings is 1. The summed E-state index contributed by atoms with van der Waals surface area (Å²) in [6.07, 6.45) is 3.25. The highest BCUT2D eigenvalue weighted by Gasteiger charge is 1.95. The molecule has 1 aromatic rings. The minimum absolute atomic E-state index is 0.0194. The van der Waals surface area contributed by atoms with Crippen LogP contribution in [0.4, 0.5) is 5.69 Å². The molecule has 0 aliphatic carbocycles. The van der Waals surface area contributed by atoms with Crippen LogP contribution in [-0.4, -0.2) is 17.0 Å². The highest BCUT2D eigenvalue weighted by atomic mass is 79.9. The second-order valence-electron chi connectivity index (χ2n) is 3.24. The molecule has 4 heteroatoms. The zero-order valence-corrected chi connectivity index (χ0v) is 10.5. The lowest BCUT2D eigenvalue weighted by atomic mass is 10.2. The molecule has 0 spiro atoms. The number of halogens is 1. The van der Waals surface area contributed by atoms with Gasteiger partial charge in [-0.15, -0.1) is 0 Å². The Morgan fingerprint density at radius 2 is 1.94 bits per heavy atom. The molecule has 1 rings (SSSR count). The van der Waals surface area contributed by atoms with Crippen molar-refractivity contribution >= 4 is 39.4 Å². The first-order valence-electron chi connectivity index (χ1n) is 4.76. The third-order valence-electron chi connectivity index (χ3n) is 1.82. The monoisotopic (exact) mass is 281 g/mol.